The normalized spacial score (nSPS) is 25.9. The molecule has 8 heteroatoms. The molecular weight excluding hydrogens is 617 g/mol. The van der Waals surface area contributed by atoms with E-state index in [9.17, 15) is 0 Å². The second-order valence-electron chi connectivity index (χ2n) is 10.6. The van der Waals surface area contributed by atoms with E-state index in [-0.39, 0.29) is 0 Å². The largest absolute Gasteiger partial charge is 0.117 e. The Morgan fingerprint density at radius 2 is 0.395 bits per heavy atom. The second kappa shape index (κ2) is 20.8. The van der Waals surface area contributed by atoms with Gasteiger partial charge in [0.05, 0.1) is 25.4 Å². The molecule has 0 N–H and O–H groups in total. The van der Waals surface area contributed by atoms with E-state index in [1.807, 2.05) is 0 Å². The van der Waals surface area contributed by atoms with Crippen LogP contribution in [0.4, 0.5) is 0 Å². The highest BCUT2D eigenvalue weighted by molar-refractivity contribution is 8.45. The lowest BCUT2D eigenvalue weighted by atomic mass is 10.1. The van der Waals surface area contributed by atoms with Crippen LogP contribution < -0.4 is 0 Å². The summed E-state index contributed by atoms with van der Waals surface area (Å²) in [6.07, 6.45) is 28.7. The lowest BCUT2D eigenvalue weighted by Crippen LogP contribution is -1.86. The van der Waals surface area contributed by atoms with Crippen LogP contribution in [0.25, 0.3) is 0 Å². The highest BCUT2D eigenvalue weighted by atomic mass is 32.3. The molecule has 4 heterocycles. The summed E-state index contributed by atoms with van der Waals surface area (Å²) in [4.78, 5) is 0. The van der Waals surface area contributed by atoms with Gasteiger partial charge in [0.1, 0.15) is 0 Å². The van der Waals surface area contributed by atoms with Crippen LogP contribution in [0.15, 0.2) is 25.4 Å². The molecule has 4 rings (SSSR count). The molecule has 0 aromatic rings. The first-order chi connectivity index (χ1) is 18.9. The molecule has 0 atom stereocenters. The fraction of sp³-hybridized carbons (Fsp3) is 0.800. The van der Waals surface area contributed by atoms with Gasteiger partial charge in [0, 0.05) is 0 Å². The number of thioether (sulfide) groups is 8. The molecule has 0 radical (unpaired) electrons. The maximum atomic E-state index is 2.16. The average molecular weight is 665 g/mol. The van der Waals surface area contributed by atoms with Gasteiger partial charge in [-0.25, -0.2) is 0 Å². The van der Waals surface area contributed by atoms with Gasteiger partial charge >= 0.3 is 0 Å². The van der Waals surface area contributed by atoms with Gasteiger partial charge in [-0.3, -0.25) is 0 Å². The van der Waals surface area contributed by atoms with Gasteiger partial charge in [-0.15, -0.1) is 47.0 Å². The van der Waals surface area contributed by atoms with Crippen LogP contribution in [0.5, 0.6) is 0 Å². The second-order valence-corrected chi connectivity index (χ2v) is 20.7. The van der Waals surface area contributed by atoms with E-state index in [0.29, 0.717) is 0 Å². The SMILES string of the molecule is C1CCCCCCSC2=C(SCCCCC1)SC(=C1SC3=C(SCCCCCCCCCCCCS3)S1)S2. The summed E-state index contributed by atoms with van der Waals surface area (Å²) in [6.45, 7) is 0. The third kappa shape index (κ3) is 12.7. The summed E-state index contributed by atoms with van der Waals surface area (Å²) in [7, 11) is 0. The van der Waals surface area contributed by atoms with E-state index in [0.717, 1.165) is 0 Å². The first-order valence-electron chi connectivity index (χ1n) is 15.4. The van der Waals surface area contributed by atoms with Gasteiger partial charge in [-0.2, -0.15) is 0 Å². The molecular formula is C30H48S8. The summed E-state index contributed by atoms with van der Waals surface area (Å²) < 4.78 is 9.66. The molecule has 4 aliphatic heterocycles. The van der Waals surface area contributed by atoms with Crippen molar-refractivity contribution in [3.63, 3.8) is 0 Å². The fourth-order valence-electron chi connectivity index (χ4n) is 4.96. The maximum absolute atomic E-state index is 2.16. The van der Waals surface area contributed by atoms with Crippen LogP contribution in [0.1, 0.15) is 128 Å². The van der Waals surface area contributed by atoms with E-state index in [2.05, 4.69) is 94.1 Å². The summed E-state index contributed by atoms with van der Waals surface area (Å²) in [5, 5.41) is 0. The van der Waals surface area contributed by atoms with Gasteiger partial charge in [0.2, 0.25) is 0 Å². The first kappa shape index (κ1) is 32.9. The topological polar surface area (TPSA) is 0 Å². The molecule has 0 unspecified atom stereocenters. The average Bonchev–Trinajstić information content (AvgIpc) is 3.51. The van der Waals surface area contributed by atoms with Crippen LogP contribution in [-0.2, 0) is 0 Å². The molecule has 0 saturated heterocycles. The molecule has 38 heavy (non-hydrogen) atoms. The standard InChI is InChI=1S/C30H48S8/c1-2-6-10-14-18-22-32-26-25(31-21-17-13-9-5-1)35-29(36-26)30-37-27-28(38-30)34-24-20-16-12-8-4-3-7-11-15-19-23-33-27/h1-24H2. The van der Waals surface area contributed by atoms with Crippen molar-refractivity contribution < 1.29 is 0 Å². The Bertz CT molecular complexity index is 663. The molecule has 0 aromatic carbocycles. The monoisotopic (exact) mass is 664 g/mol. The molecule has 4 aliphatic rings. The minimum Gasteiger partial charge on any atom is -0.117 e. The van der Waals surface area contributed by atoms with Crippen molar-refractivity contribution in [1.29, 1.82) is 0 Å². The molecule has 0 saturated carbocycles. The van der Waals surface area contributed by atoms with Gasteiger partial charge in [0.25, 0.3) is 0 Å². The van der Waals surface area contributed by atoms with Gasteiger partial charge in [0.15, 0.2) is 0 Å². The Balaban J connectivity index is 1.34. The molecule has 0 fully saturated rings. The zero-order valence-corrected chi connectivity index (χ0v) is 29.8. The predicted octanol–water partition coefficient (Wildman–Crippen LogP) is 14.1. The summed E-state index contributed by atoms with van der Waals surface area (Å²) in [5.74, 6) is 5.21. The molecule has 0 bridgehead atoms. The highest BCUT2D eigenvalue weighted by Gasteiger charge is 2.30. The predicted molar refractivity (Wildman–Crippen MR) is 194 cm³/mol. The quantitative estimate of drug-likeness (QED) is 0.248. The van der Waals surface area contributed by atoms with Gasteiger partial charge in [-0.05, 0) is 48.7 Å². The molecule has 0 aliphatic carbocycles. The molecule has 0 nitrogen and oxygen atoms in total. The van der Waals surface area contributed by atoms with Crippen molar-refractivity contribution in [2.24, 2.45) is 0 Å². The van der Waals surface area contributed by atoms with Crippen LogP contribution in [0.2, 0.25) is 0 Å². The number of hydrogen-bond donors (Lipinski definition) is 0. The minimum absolute atomic E-state index is 1.30. The van der Waals surface area contributed by atoms with E-state index in [1.54, 1.807) is 25.4 Å². The van der Waals surface area contributed by atoms with Gasteiger partial charge < -0.3 is 0 Å². The van der Waals surface area contributed by atoms with Crippen molar-refractivity contribution in [2.45, 2.75) is 128 Å². The summed E-state index contributed by atoms with van der Waals surface area (Å²) in [5.41, 5.74) is 0. The smallest absolute Gasteiger partial charge is 0.0717 e. The van der Waals surface area contributed by atoms with Crippen molar-refractivity contribution in [3.05, 3.63) is 25.4 Å². The fourth-order valence-corrected chi connectivity index (χ4v) is 17.2. The van der Waals surface area contributed by atoms with Crippen molar-refractivity contribution >= 4 is 94.1 Å². The minimum atomic E-state index is 1.30. The van der Waals surface area contributed by atoms with Gasteiger partial charge in [-0.1, -0.05) is 150 Å². The van der Waals surface area contributed by atoms with Crippen LogP contribution >= 0.6 is 94.1 Å². The number of hydrogen-bond acceptors (Lipinski definition) is 8. The molecule has 0 amide bonds. The molecule has 0 spiro atoms. The van der Waals surface area contributed by atoms with E-state index < -0.39 is 0 Å². The van der Waals surface area contributed by atoms with Crippen molar-refractivity contribution in [2.75, 3.05) is 23.0 Å². The lowest BCUT2D eigenvalue weighted by molar-refractivity contribution is 0.564. The number of rotatable bonds is 0. The van der Waals surface area contributed by atoms with Crippen LogP contribution in [0.3, 0.4) is 0 Å². The Labute approximate surface area is 268 Å². The maximum Gasteiger partial charge on any atom is 0.0717 e. The summed E-state index contributed by atoms with van der Waals surface area (Å²) >= 11 is 17.1. The van der Waals surface area contributed by atoms with E-state index in [1.165, 1.54) is 151 Å². The first-order valence-corrected chi connectivity index (χ1v) is 22.6. The third-order valence-corrected chi connectivity index (χ3v) is 19.2. The van der Waals surface area contributed by atoms with E-state index in [4.69, 9.17) is 0 Å². The Kier molecular flexibility index (Phi) is 18.1. The Hall–Kier alpha value is 2.02. The zero-order valence-electron chi connectivity index (χ0n) is 23.2. The molecule has 216 valence electrons. The van der Waals surface area contributed by atoms with Crippen molar-refractivity contribution in [3.8, 4) is 0 Å². The van der Waals surface area contributed by atoms with Crippen LogP contribution in [0, 0.1) is 0 Å². The molecule has 0 aromatic heterocycles. The Morgan fingerprint density at radius 3 is 0.605 bits per heavy atom. The highest BCUT2D eigenvalue weighted by Crippen LogP contribution is 2.66. The van der Waals surface area contributed by atoms with Crippen molar-refractivity contribution in [1.82, 2.24) is 0 Å². The summed E-state index contributed by atoms with van der Waals surface area (Å²) in [6, 6.07) is 0. The third-order valence-electron chi connectivity index (χ3n) is 7.25. The Morgan fingerprint density at radius 1 is 0.211 bits per heavy atom. The lowest BCUT2D eigenvalue weighted by Gasteiger charge is -2.07. The van der Waals surface area contributed by atoms with E-state index >= 15 is 0 Å². The van der Waals surface area contributed by atoms with Crippen LogP contribution in [-0.4, -0.2) is 23.0 Å². The zero-order chi connectivity index (χ0) is 26.1.